The van der Waals surface area contributed by atoms with Crippen LogP contribution in [0.25, 0.3) is 4.96 Å². The van der Waals surface area contributed by atoms with Gasteiger partial charge in [-0.25, -0.2) is 9.78 Å². The number of amides is 3. The van der Waals surface area contributed by atoms with Crippen LogP contribution in [0.1, 0.15) is 17.7 Å². The molecular weight excluding hydrogens is 352 g/mol. The van der Waals surface area contributed by atoms with E-state index in [0.29, 0.717) is 23.5 Å². The maximum absolute atomic E-state index is 12.6. The van der Waals surface area contributed by atoms with Crippen LogP contribution in [-0.4, -0.2) is 32.3 Å². The summed E-state index contributed by atoms with van der Waals surface area (Å²) in [6.45, 7) is -0.00383. The van der Waals surface area contributed by atoms with Gasteiger partial charge in [0.2, 0.25) is 0 Å². The largest absolute Gasteiger partial charge is 0.326 e. The smallest absolute Gasteiger partial charge is 0.325 e. The third-order valence-electron chi connectivity index (χ3n) is 4.35. The van der Waals surface area contributed by atoms with Crippen molar-refractivity contribution in [3.8, 4) is 0 Å². The summed E-state index contributed by atoms with van der Waals surface area (Å²) in [5.41, 5.74) is 1.30. The molecule has 8 heteroatoms. The fraction of sp³-hybridized carbons (Fsp3) is 0.222. The molecule has 2 aromatic heterocycles. The zero-order valence-corrected chi connectivity index (χ0v) is 14.6. The minimum Gasteiger partial charge on any atom is -0.326 e. The van der Waals surface area contributed by atoms with Crippen molar-refractivity contribution in [1.82, 2.24) is 19.6 Å². The molecule has 132 valence electrons. The van der Waals surface area contributed by atoms with Crippen LogP contribution >= 0.6 is 11.3 Å². The number of carbonyl (C=O) groups excluding carboxylic acids is 2. The summed E-state index contributed by atoms with van der Waals surface area (Å²) in [6, 6.07) is 10.2. The molecule has 3 heterocycles. The first-order valence-electron chi connectivity index (χ1n) is 8.23. The molecule has 1 atom stereocenters. The van der Waals surface area contributed by atoms with Crippen molar-refractivity contribution in [1.29, 1.82) is 0 Å². The van der Waals surface area contributed by atoms with Crippen LogP contribution in [0.3, 0.4) is 0 Å². The number of urea groups is 1. The lowest BCUT2D eigenvalue weighted by Crippen LogP contribution is -2.32. The number of rotatable bonds is 5. The first-order valence-corrected chi connectivity index (χ1v) is 9.11. The first-order chi connectivity index (χ1) is 12.6. The number of hydrogen-bond donors (Lipinski definition) is 1. The number of aryl methyl sites for hydroxylation is 1. The van der Waals surface area contributed by atoms with Crippen molar-refractivity contribution in [3.63, 3.8) is 0 Å². The van der Waals surface area contributed by atoms with Crippen molar-refractivity contribution in [3.05, 3.63) is 69.6 Å². The van der Waals surface area contributed by atoms with Crippen LogP contribution in [0.2, 0.25) is 0 Å². The molecule has 0 spiro atoms. The van der Waals surface area contributed by atoms with Gasteiger partial charge in [0.05, 0.1) is 12.2 Å². The lowest BCUT2D eigenvalue weighted by Gasteiger charge is -2.12. The summed E-state index contributed by atoms with van der Waals surface area (Å²) in [7, 11) is 0. The molecule has 3 amide bonds. The number of nitrogens with zero attached hydrogens (tertiary/aromatic N) is 3. The molecule has 4 rings (SSSR count). The summed E-state index contributed by atoms with van der Waals surface area (Å²) in [5.74, 6) is -0.279. The standard InChI is InChI=1S/C18H16N4O3S/c23-15-10-13(19-18-21(15)8-9-26-18)11-22-16(24)14(20-17(22)25)7-6-12-4-2-1-3-5-12/h1-5,8-10,14H,6-7,11H2,(H,20,25)/t14-/m0/s1. The second-order valence-electron chi connectivity index (χ2n) is 6.09. The average Bonchev–Trinajstić information content (AvgIpc) is 3.21. The highest BCUT2D eigenvalue weighted by Gasteiger charge is 2.37. The van der Waals surface area contributed by atoms with Gasteiger partial charge in [0.15, 0.2) is 4.96 Å². The van der Waals surface area contributed by atoms with E-state index < -0.39 is 12.1 Å². The monoisotopic (exact) mass is 368 g/mol. The Morgan fingerprint density at radius 1 is 1.15 bits per heavy atom. The summed E-state index contributed by atoms with van der Waals surface area (Å²) in [6.07, 6.45) is 2.88. The van der Waals surface area contributed by atoms with E-state index in [9.17, 15) is 14.4 Å². The number of aromatic nitrogens is 2. The minimum absolute atomic E-state index is 0.00383. The summed E-state index contributed by atoms with van der Waals surface area (Å²) in [5, 5.41) is 4.48. The molecular formula is C18H16N4O3S. The number of imide groups is 1. The van der Waals surface area contributed by atoms with Crippen LogP contribution < -0.4 is 10.9 Å². The van der Waals surface area contributed by atoms with Gasteiger partial charge in [-0.3, -0.25) is 18.9 Å². The van der Waals surface area contributed by atoms with Crippen molar-refractivity contribution in [2.75, 3.05) is 0 Å². The van der Waals surface area contributed by atoms with E-state index in [2.05, 4.69) is 10.3 Å². The van der Waals surface area contributed by atoms with Crippen molar-refractivity contribution in [2.24, 2.45) is 0 Å². The van der Waals surface area contributed by atoms with Gasteiger partial charge in [-0.05, 0) is 18.4 Å². The maximum Gasteiger partial charge on any atom is 0.325 e. The zero-order chi connectivity index (χ0) is 18.1. The first kappa shape index (κ1) is 16.5. The SMILES string of the molecule is O=C1N[C@@H](CCc2ccccc2)C(=O)N1Cc1cc(=O)n2ccsc2n1. The molecule has 1 fully saturated rings. The number of hydrogen-bond acceptors (Lipinski definition) is 5. The number of thiazole rings is 1. The third kappa shape index (κ3) is 3.11. The Labute approximate surface area is 152 Å². The van der Waals surface area contributed by atoms with Crippen LogP contribution in [0, 0.1) is 0 Å². The van der Waals surface area contributed by atoms with E-state index in [4.69, 9.17) is 0 Å². The van der Waals surface area contributed by atoms with Gasteiger partial charge in [0.1, 0.15) is 6.04 Å². The average molecular weight is 368 g/mol. The van der Waals surface area contributed by atoms with E-state index in [1.807, 2.05) is 30.3 Å². The fourth-order valence-corrected chi connectivity index (χ4v) is 3.75. The van der Waals surface area contributed by atoms with Gasteiger partial charge in [-0.15, -0.1) is 11.3 Å². The van der Waals surface area contributed by atoms with E-state index >= 15 is 0 Å². The molecule has 26 heavy (non-hydrogen) atoms. The summed E-state index contributed by atoms with van der Waals surface area (Å²) in [4.78, 5) is 42.8. The van der Waals surface area contributed by atoms with Gasteiger partial charge in [-0.2, -0.15) is 0 Å². The lowest BCUT2D eigenvalue weighted by molar-refractivity contribution is -0.128. The van der Waals surface area contributed by atoms with Gasteiger partial charge < -0.3 is 5.32 Å². The number of fused-ring (bicyclic) bond motifs is 1. The zero-order valence-electron chi connectivity index (χ0n) is 13.8. The number of benzene rings is 1. The maximum atomic E-state index is 12.6. The second kappa shape index (κ2) is 6.72. The van der Waals surface area contributed by atoms with Crippen molar-refractivity contribution in [2.45, 2.75) is 25.4 Å². The molecule has 0 saturated carbocycles. The molecule has 1 aliphatic heterocycles. The predicted molar refractivity (Wildman–Crippen MR) is 97.0 cm³/mol. The fourth-order valence-electron chi connectivity index (χ4n) is 3.01. The quantitative estimate of drug-likeness (QED) is 0.696. The number of nitrogens with one attached hydrogen (secondary N) is 1. The third-order valence-corrected chi connectivity index (χ3v) is 5.10. The highest BCUT2D eigenvalue weighted by atomic mass is 32.1. The van der Waals surface area contributed by atoms with Gasteiger partial charge >= 0.3 is 6.03 Å². The molecule has 1 N–H and O–H groups in total. The van der Waals surface area contributed by atoms with Crippen LogP contribution in [0.15, 0.2) is 52.8 Å². The Bertz CT molecular complexity index is 1030. The van der Waals surface area contributed by atoms with Gasteiger partial charge in [-0.1, -0.05) is 30.3 Å². The lowest BCUT2D eigenvalue weighted by atomic mass is 10.1. The van der Waals surface area contributed by atoms with E-state index in [1.54, 1.807) is 11.6 Å². The molecule has 1 aliphatic rings. The Morgan fingerprint density at radius 3 is 2.77 bits per heavy atom. The summed E-state index contributed by atoms with van der Waals surface area (Å²) < 4.78 is 1.43. The van der Waals surface area contributed by atoms with Crippen molar-refractivity contribution < 1.29 is 9.59 Å². The Kier molecular flexibility index (Phi) is 4.26. The predicted octanol–water partition coefficient (Wildman–Crippen LogP) is 1.81. The molecule has 0 unspecified atom stereocenters. The second-order valence-corrected chi connectivity index (χ2v) is 6.97. The molecule has 1 aromatic carbocycles. The molecule has 3 aromatic rings. The van der Waals surface area contributed by atoms with Gasteiger partial charge in [0, 0.05) is 17.6 Å². The van der Waals surface area contributed by atoms with E-state index in [0.717, 1.165) is 10.5 Å². The van der Waals surface area contributed by atoms with Crippen LogP contribution in [0.4, 0.5) is 4.79 Å². The normalized spacial score (nSPS) is 17.1. The molecule has 7 nitrogen and oxygen atoms in total. The van der Waals surface area contributed by atoms with E-state index in [1.165, 1.54) is 21.8 Å². The van der Waals surface area contributed by atoms with Crippen molar-refractivity contribution >= 4 is 28.2 Å². The topological polar surface area (TPSA) is 83.8 Å². The molecule has 0 aliphatic carbocycles. The highest BCUT2D eigenvalue weighted by molar-refractivity contribution is 7.15. The van der Waals surface area contributed by atoms with Gasteiger partial charge in [0.25, 0.3) is 11.5 Å². The van der Waals surface area contributed by atoms with E-state index in [-0.39, 0.29) is 18.0 Å². The van der Waals surface area contributed by atoms with Crippen LogP contribution in [-0.2, 0) is 17.8 Å². The summed E-state index contributed by atoms with van der Waals surface area (Å²) >= 11 is 1.33. The molecule has 0 radical (unpaired) electrons. The Hall–Kier alpha value is -3.00. The Balaban J connectivity index is 1.47. The number of carbonyl (C=O) groups is 2. The Morgan fingerprint density at radius 2 is 1.96 bits per heavy atom. The molecule has 1 saturated heterocycles. The minimum atomic E-state index is -0.547. The highest BCUT2D eigenvalue weighted by Crippen LogP contribution is 2.16. The van der Waals surface area contributed by atoms with Crippen LogP contribution in [0.5, 0.6) is 0 Å². The molecule has 0 bridgehead atoms.